The summed E-state index contributed by atoms with van der Waals surface area (Å²) in [7, 11) is 0. The summed E-state index contributed by atoms with van der Waals surface area (Å²) in [5.41, 5.74) is 17.6. The number of hydrogen-bond acceptors (Lipinski definition) is 3. The van der Waals surface area contributed by atoms with Crippen LogP contribution in [0, 0.1) is 5.92 Å². The van der Waals surface area contributed by atoms with E-state index in [1.165, 1.54) is 5.56 Å². The number of primary amides is 1. The van der Waals surface area contributed by atoms with Crippen molar-refractivity contribution < 1.29 is 9.90 Å². The van der Waals surface area contributed by atoms with Crippen LogP contribution in [0.4, 0.5) is 5.69 Å². The van der Waals surface area contributed by atoms with E-state index in [0.717, 1.165) is 28.7 Å². The molecule has 0 aromatic heterocycles. The Labute approximate surface area is 158 Å². The number of hydrogen-bond donors (Lipinski definition) is 3. The van der Waals surface area contributed by atoms with E-state index in [-0.39, 0.29) is 5.92 Å². The standard InChI is InChI=1S/C23H22N2O2/c24-21-8-4-3-7-18(21)20-12-14(9-10-19(20)23(25)27)11-16-13-15-5-1-2-6-17(15)22(16)26/h1-10,12,16,22,26H,11,13,24H2,(H2,25,27). The molecule has 4 heteroatoms. The first-order valence-electron chi connectivity index (χ1n) is 9.08. The molecule has 27 heavy (non-hydrogen) atoms. The van der Waals surface area contributed by atoms with E-state index in [9.17, 15) is 9.90 Å². The summed E-state index contributed by atoms with van der Waals surface area (Å²) in [5.74, 6) is -0.365. The fourth-order valence-electron chi connectivity index (χ4n) is 4.04. The molecule has 0 saturated heterocycles. The van der Waals surface area contributed by atoms with Crippen molar-refractivity contribution in [3.8, 4) is 11.1 Å². The maximum absolute atomic E-state index is 11.9. The zero-order chi connectivity index (χ0) is 19.0. The maximum Gasteiger partial charge on any atom is 0.249 e. The van der Waals surface area contributed by atoms with Crippen molar-refractivity contribution in [2.24, 2.45) is 11.7 Å². The molecule has 0 aliphatic heterocycles. The van der Waals surface area contributed by atoms with E-state index in [2.05, 4.69) is 6.07 Å². The molecule has 1 amide bonds. The highest BCUT2D eigenvalue weighted by atomic mass is 16.3. The van der Waals surface area contributed by atoms with E-state index >= 15 is 0 Å². The highest BCUT2D eigenvalue weighted by Gasteiger charge is 2.30. The Morgan fingerprint density at radius 1 is 1.00 bits per heavy atom. The fourth-order valence-corrected chi connectivity index (χ4v) is 4.04. The van der Waals surface area contributed by atoms with E-state index in [4.69, 9.17) is 11.5 Å². The predicted molar refractivity (Wildman–Crippen MR) is 107 cm³/mol. The number of nitrogens with two attached hydrogens (primary N) is 2. The van der Waals surface area contributed by atoms with Gasteiger partial charge in [-0.05, 0) is 53.1 Å². The monoisotopic (exact) mass is 358 g/mol. The summed E-state index contributed by atoms with van der Waals surface area (Å²) in [6, 6.07) is 21.1. The molecule has 3 aromatic carbocycles. The lowest BCUT2D eigenvalue weighted by molar-refractivity contribution is 0.100. The van der Waals surface area contributed by atoms with Crippen molar-refractivity contribution in [2.75, 3.05) is 5.73 Å². The van der Waals surface area contributed by atoms with Gasteiger partial charge in [0.25, 0.3) is 0 Å². The molecule has 136 valence electrons. The third-order valence-electron chi connectivity index (χ3n) is 5.40. The van der Waals surface area contributed by atoms with E-state index in [1.54, 1.807) is 6.07 Å². The molecule has 1 aliphatic rings. The Morgan fingerprint density at radius 2 is 1.74 bits per heavy atom. The lowest BCUT2D eigenvalue weighted by atomic mass is 9.90. The van der Waals surface area contributed by atoms with Crippen LogP contribution in [-0.2, 0) is 12.8 Å². The lowest BCUT2D eigenvalue weighted by Crippen LogP contribution is -2.14. The van der Waals surface area contributed by atoms with Crippen molar-refractivity contribution >= 4 is 11.6 Å². The first-order chi connectivity index (χ1) is 13.0. The summed E-state index contributed by atoms with van der Waals surface area (Å²) in [5, 5.41) is 10.7. The Kier molecular flexibility index (Phi) is 4.42. The molecule has 4 nitrogen and oxygen atoms in total. The number of anilines is 1. The number of aliphatic hydroxyl groups is 1. The highest BCUT2D eigenvalue weighted by Crippen LogP contribution is 2.38. The fraction of sp³-hybridized carbons (Fsp3) is 0.174. The van der Waals surface area contributed by atoms with Crippen molar-refractivity contribution in [1.29, 1.82) is 0 Å². The lowest BCUT2D eigenvalue weighted by Gasteiger charge is -2.17. The Balaban J connectivity index is 1.68. The Morgan fingerprint density at radius 3 is 2.48 bits per heavy atom. The van der Waals surface area contributed by atoms with Gasteiger partial charge in [-0.1, -0.05) is 54.6 Å². The number of benzene rings is 3. The van der Waals surface area contributed by atoms with Crippen LogP contribution < -0.4 is 11.5 Å². The smallest absolute Gasteiger partial charge is 0.249 e. The van der Waals surface area contributed by atoms with Gasteiger partial charge in [0, 0.05) is 16.8 Å². The topological polar surface area (TPSA) is 89.3 Å². The van der Waals surface area contributed by atoms with Crippen LogP contribution in [0.2, 0.25) is 0 Å². The number of carbonyl (C=O) groups excluding carboxylic acids is 1. The largest absolute Gasteiger partial charge is 0.398 e. The van der Waals surface area contributed by atoms with Gasteiger partial charge in [0.2, 0.25) is 5.91 Å². The molecule has 2 unspecified atom stereocenters. The average molecular weight is 358 g/mol. The van der Waals surface area contributed by atoms with Crippen molar-refractivity contribution in [3.05, 3.63) is 89.0 Å². The second-order valence-electron chi connectivity index (χ2n) is 7.14. The minimum atomic E-state index is -0.479. The number of amides is 1. The molecule has 0 spiro atoms. The molecule has 4 rings (SSSR count). The van der Waals surface area contributed by atoms with Gasteiger partial charge in [0.1, 0.15) is 0 Å². The van der Waals surface area contributed by atoms with Gasteiger partial charge in [-0.25, -0.2) is 0 Å². The van der Waals surface area contributed by atoms with Gasteiger partial charge in [0.15, 0.2) is 0 Å². The van der Waals surface area contributed by atoms with Crippen molar-refractivity contribution in [3.63, 3.8) is 0 Å². The molecule has 0 heterocycles. The van der Waals surface area contributed by atoms with E-state index in [0.29, 0.717) is 17.7 Å². The van der Waals surface area contributed by atoms with Crippen LogP contribution in [0.15, 0.2) is 66.7 Å². The summed E-state index contributed by atoms with van der Waals surface area (Å²) in [6.07, 6.45) is 1.09. The maximum atomic E-state index is 11.9. The molecule has 0 fully saturated rings. The van der Waals surface area contributed by atoms with Crippen molar-refractivity contribution in [1.82, 2.24) is 0 Å². The second kappa shape index (κ2) is 6.89. The molecule has 0 bridgehead atoms. The summed E-state index contributed by atoms with van der Waals surface area (Å²) < 4.78 is 0. The molecule has 1 aliphatic carbocycles. The Hall–Kier alpha value is -3.11. The average Bonchev–Trinajstić information content (AvgIpc) is 2.98. The summed E-state index contributed by atoms with van der Waals surface area (Å²) >= 11 is 0. The van der Waals surface area contributed by atoms with E-state index < -0.39 is 12.0 Å². The highest BCUT2D eigenvalue weighted by molar-refractivity contribution is 6.01. The van der Waals surface area contributed by atoms with Crippen LogP contribution in [0.3, 0.4) is 0 Å². The second-order valence-corrected chi connectivity index (χ2v) is 7.14. The first-order valence-corrected chi connectivity index (χ1v) is 9.08. The minimum absolute atomic E-state index is 0.114. The number of rotatable bonds is 4. The van der Waals surface area contributed by atoms with Crippen LogP contribution >= 0.6 is 0 Å². The molecule has 0 radical (unpaired) electrons. The van der Waals surface area contributed by atoms with Gasteiger partial charge in [0.05, 0.1) is 6.10 Å². The molecule has 3 aromatic rings. The van der Waals surface area contributed by atoms with Gasteiger partial charge in [-0.3, -0.25) is 4.79 Å². The number of nitrogen functional groups attached to an aromatic ring is 1. The zero-order valence-corrected chi connectivity index (χ0v) is 14.9. The van der Waals surface area contributed by atoms with Gasteiger partial charge >= 0.3 is 0 Å². The van der Waals surface area contributed by atoms with Crippen LogP contribution in [0.25, 0.3) is 11.1 Å². The number of fused-ring (bicyclic) bond motifs is 1. The molecule has 0 saturated carbocycles. The predicted octanol–water partition coefficient (Wildman–Crippen LogP) is 3.48. The number of carbonyl (C=O) groups is 1. The summed E-state index contributed by atoms with van der Waals surface area (Å²) in [6.45, 7) is 0. The Bertz CT molecular complexity index is 1010. The number of para-hydroxylation sites is 1. The van der Waals surface area contributed by atoms with Gasteiger partial charge in [-0.15, -0.1) is 0 Å². The normalized spacial score (nSPS) is 18.3. The quantitative estimate of drug-likeness (QED) is 0.624. The summed E-state index contributed by atoms with van der Waals surface area (Å²) in [4.78, 5) is 11.9. The first kappa shape index (κ1) is 17.3. The molecule has 5 N–H and O–H groups in total. The molecular weight excluding hydrogens is 336 g/mol. The minimum Gasteiger partial charge on any atom is -0.398 e. The van der Waals surface area contributed by atoms with Gasteiger partial charge < -0.3 is 16.6 Å². The van der Waals surface area contributed by atoms with Crippen molar-refractivity contribution in [2.45, 2.75) is 18.9 Å². The van der Waals surface area contributed by atoms with Crippen LogP contribution in [-0.4, -0.2) is 11.0 Å². The molecule has 2 atom stereocenters. The third-order valence-corrected chi connectivity index (χ3v) is 5.40. The number of aliphatic hydroxyl groups excluding tert-OH is 1. The van der Waals surface area contributed by atoms with Gasteiger partial charge in [-0.2, -0.15) is 0 Å². The third kappa shape index (κ3) is 3.20. The van der Waals surface area contributed by atoms with Crippen LogP contribution in [0.1, 0.15) is 33.2 Å². The SMILES string of the molecule is NC(=O)c1ccc(CC2Cc3ccccc3C2O)cc1-c1ccccc1N. The molecular formula is C23H22N2O2. The van der Waals surface area contributed by atoms with E-state index in [1.807, 2.05) is 54.6 Å². The van der Waals surface area contributed by atoms with Crippen LogP contribution in [0.5, 0.6) is 0 Å². The zero-order valence-electron chi connectivity index (χ0n) is 14.9.